The molecule has 0 saturated heterocycles. The van der Waals surface area contributed by atoms with Gasteiger partial charge in [0.2, 0.25) is 5.91 Å². The first-order valence-corrected chi connectivity index (χ1v) is 9.37. The van der Waals surface area contributed by atoms with Crippen molar-refractivity contribution in [1.29, 1.82) is 0 Å². The van der Waals surface area contributed by atoms with E-state index in [-0.39, 0.29) is 30.0 Å². The number of rotatable bonds is 6. The molecule has 0 saturated carbocycles. The van der Waals surface area contributed by atoms with Crippen molar-refractivity contribution < 1.29 is 14.4 Å². The summed E-state index contributed by atoms with van der Waals surface area (Å²) in [5.41, 5.74) is 1.12. The monoisotopic (exact) mass is 405 g/mol. The number of hydrogen-bond acceptors (Lipinski definition) is 4. The molecule has 0 unspecified atom stereocenters. The largest absolute Gasteiger partial charge is 0.352 e. The number of carbonyl (C=O) groups excluding carboxylic acids is 3. The van der Waals surface area contributed by atoms with Crippen LogP contribution < -0.4 is 10.6 Å². The predicted octanol–water partition coefficient (Wildman–Crippen LogP) is 3.87. The Labute approximate surface area is 167 Å². The van der Waals surface area contributed by atoms with Crippen LogP contribution in [0.1, 0.15) is 16.8 Å². The Morgan fingerprint density at radius 2 is 1.63 bits per heavy atom. The number of amides is 3. The van der Waals surface area contributed by atoms with Gasteiger partial charge in [-0.3, -0.25) is 14.4 Å². The fourth-order valence-corrected chi connectivity index (χ4v) is 2.80. The molecule has 142 valence electrons. The molecule has 2 N–H and O–H groups in total. The third-order valence-electron chi connectivity index (χ3n) is 3.45. The minimum Gasteiger partial charge on any atom is -0.352 e. The number of nitrogens with zero attached hydrogens (tertiary/aromatic N) is 1. The zero-order chi connectivity index (χ0) is 19.8. The molecule has 0 aliphatic rings. The highest BCUT2D eigenvalue weighted by atomic mass is 35.5. The lowest BCUT2D eigenvalue weighted by Gasteiger charge is -2.10. The Bertz CT molecular complexity index is 808. The molecule has 3 amide bonds. The Kier molecular flexibility index (Phi) is 7.69. The van der Waals surface area contributed by atoms with Crippen LogP contribution >= 0.6 is 23.4 Å². The first-order valence-electron chi connectivity index (χ1n) is 8.18. The van der Waals surface area contributed by atoms with Crippen molar-refractivity contribution >= 4 is 46.1 Å². The van der Waals surface area contributed by atoms with Crippen LogP contribution in [0.15, 0.2) is 53.4 Å². The molecule has 2 rings (SSSR count). The molecule has 8 heteroatoms. The van der Waals surface area contributed by atoms with Crippen molar-refractivity contribution in [1.82, 2.24) is 10.2 Å². The van der Waals surface area contributed by atoms with Crippen molar-refractivity contribution in [2.24, 2.45) is 0 Å². The Hall–Kier alpha value is -2.51. The molecular weight excluding hydrogens is 386 g/mol. The van der Waals surface area contributed by atoms with Crippen molar-refractivity contribution in [3.05, 3.63) is 59.1 Å². The Morgan fingerprint density at radius 3 is 2.22 bits per heavy atom. The normalized spacial score (nSPS) is 10.2. The highest BCUT2D eigenvalue weighted by Crippen LogP contribution is 2.22. The van der Waals surface area contributed by atoms with E-state index in [4.69, 9.17) is 11.6 Å². The number of benzene rings is 2. The first-order chi connectivity index (χ1) is 12.8. The Morgan fingerprint density at radius 1 is 1.00 bits per heavy atom. The second-order valence-corrected chi connectivity index (χ2v) is 7.31. The average molecular weight is 406 g/mol. The zero-order valence-corrected chi connectivity index (χ0v) is 16.6. The average Bonchev–Trinajstić information content (AvgIpc) is 2.63. The van der Waals surface area contributed by atoms with Gasteiger partial charge in [-0.25, -0.2) is 0 Å². The molecule has 6 nitrogen and oxygen atoms in total. The van der Waals surface area contributed by atoms with Crippen molar-refractivity contribution in [2.75, 3.05) is 26.0 Å². The third-order valence-corrected chi connectivity index (χ3v) is 4.75. The number of carbonyl (C=O) groups is 3. The molecule has 2 aromatic rings. The number of anilines is 1. The third kappa shape index (κ3) is 6.96. The maximum atomic E-state index is 12.0. The van der Waals surface area contributed by atoms with Crippen LogP contribution in [-0.4, -0.2) is 42.6 Å². The summed E-state index contributed by atoms with van der Waals surface area (Å²) >= 11 is 6.90. The molecule has 0 bridgehead atoms. The summed E-state index contributed by atoms with van der Waals surface area (Å²) in [4.78, 5) is 37.9. The summed E-state index contributed by atoms with van der Waals surface area (Å²) in [5.74, 6) is -0.470. The molecule has 2 aromatic carbocycles. The zero-order valence-electron chi connectivity index (χ0n) is 15.0. The van der Waals surface area contributed by atoms with Gasteiger partial charge >= 0.3 is 0 Å². The van der Waals surface area contributed by atoms with E-state index in [1.165, 1.54) is 4.90 Å². The maximum Gasteiger partial charge on any atom is 0.285 e. The van der Waals surface area contributed by atoms with Gasteiger partial charge in [0.25, 0.3) is 11.1 Å². The molecule has 0 aliphatic carbocycles. The van der Waals surface area contributed by atoms with Gasteiger partial charge in [0, 0.05) is 48.2 Å². The van der Waals surface area contributed by atoms with Crippen LogP contribution in [0.2, 0.25) is 5.02 Å². The molecule has 0 spiro atoms. The van der Waals surface area contributed by atoms with Gasteiger partial charge in [-0.05, 0) is 60.3 Å². The van der Waals surface area contributed by atoms with Crippen LogP contribution in [-0.2, 0) is 4.79 Å². The predicted molar refractivity (Wildman–Crippen MR) is 108 cm³/mol. The molecule has 0 atom stereocenters. The van der Waals surface area contributed by atoms with Gasteiger partial charge in [0.1, 0.15) is 0 Å². The van der Waals surface area contributed by atoms with Gasteiger partial charge in [-0.2, -0.15) is 0 Å². The van der Waals surface area contributed by atoms with E-state index < -0.39 is 0 Å². The number of hydrogen-bond donors (Lipinski definition) is 2. The summed E-state index contributed by atoms with van der Waals surface area (Å²) in [6, 6.07) is 13.5. The smallest absolute Gasteiger partial charge is 0.285 e. The van der Waals surface area contributed by atoms with Gasteiger partial charge in [0.05, 0.1) is 0 Å². The molecule has 0 fully saturated rings. The SMILES string of the molecule is CN(C)C(=O)Sc1ccc(NC(=O)CCNC(=O)c2ccc(Cl)cc2)cc1. The fourth-order valence-electron chi connectivity index (χ4n) is 2.01. The second-order valence-electron chi connectivity index (χ2n) is 5.85. The standard InChI is InChI=1S/C19H20ClN3O3S/c1-23(2)19(26)27-16-9-7-15(8-10-16)22-17(24)11-12-21-18(25)13-3-5-14(20)6-4-13/h3-10H,11-12H2,1-2H3,(H,21,25)(H,22,24). The highest BCUT2D eigenvalue weighted by molar-refractivity contribution is 8.13. The molecule has 0 radical (unpaired) electrons. The van der Waals surface area contributed by atoms with E-state index >= 15 is 0 Å². The Balaban J connectivity index is 1.76. The summed E-state index contributed by atoms with van der Waals surface area (Å²) < 4.78 is 0. The van der Waals surface area contributed by atoms with Crippen LogP contribution in [0.25, 0.3) is 0 Å². The van der Waals surface area contributed by atoms with Gasteiger partial charge < -0.3 is 15.5 Å². The second kappa shape index (κ2) is 9.99. The molecular formula is C19H20ClN3O3S. The van der Waals surface area contributed by atoms with Crippen molar-refractivity contribution in [3.8, 4) is 0 Å². The highest BCUT2D eigenvalue weighted by Gasteiger charge is 2.09. The summed E-state index contributed by atoms with van der Waals surface area (Å²) in [6.45, 7) is 0.221. The minimum absolute atomic E-state index is 0.0665. The fraction of sp³-hybridized carbons (Fsp3) is 0.211. The number of thioether (sulfide) groups is 1. The van der Waals surface area contributed by atoms with Gasteiger partial charge in [-0.15, -0.1) is 0 Å². The number of nitrogens with one attached hydrogen (secondary N) is 2. The van der Waals surface area contributed by atoms with Gasteiger partial charge in [-0.1, -0.05) is 11.6 Å². The van der Waals surface area contributed by atoms with Crippen LogP contribution in [0.3, 0.4) is 0 Å². The van der Waals surface area contributed by atoms with E-state index in [1.54, 1.807) is 62.6 Å². The van der Waals surface area contributed by atoms with Crippen LogP contribution in [0.5, 0.6) is 0 Å². The van der Waals surface area contributed by atoms with Crippen molar-refractivity contribution in [2.45, 2.75) is 11.3 Å². The minimum atomic E-state index is -0.258. The lowest BCUT2D eigenvalue weighted by atomic mass is 10.2. The van der Waals surface area contributed by atoms with E-state index in [9.17, 15) is 14.4 Å². The molecule has 0 aliphatic heterocycles. The summed E-state index contributed by atoms with van der Waals surface area (Å²) in [5, 5.41) is 5.93. The van der Waals surface area contributed by atoms with Crippen LogP contribution in [0.4, 0.5) is 10.5 Å². The van der Waals surface area contributed by atoms with Gasteiger partial charge in [0.15, 0.2) is 0 Å². The van der Waals surface area contributed by atoms with E-state index in [0.29, 0.717) is 16.3 Å². The van der Waals surface area contributed by atoms with Crippen molar-refractivity contribution in [3.63, 3.8) is 0 Å². The molecule has 27 heavy (non-hydrogen) atoms. The first kappa shape index (κ1) is 20.8. The maximum absolute atomic E-state index is 12.0. The molecule has 0 heterocycles. The van der Waals surface area contributed by atoms with E-state index in [2.05, 4.69) is 10.6 Å². The summed E-state index contributed by atoms with van der Waals surface area (Å²) in [6.07, 6.45) is 0.148. The lowest BCUT2D eigenvalue weighted by Crippen LogP contribution is -2.27. The van der Waals surface area contributed by atoms with Crippen LogP contribution in [0, 0.1) is 0 Å². The van der Waals surface area contributed by atoms with E-state index in [1.807, 2.05) is 0 Å². The summed E-state index contributed by atoms with van der Waals surface area (Å²) in [7, 11) is 3.38. The topological polar surface area (TPSA) is 78.5 Å². The quantitative estimate of drug-likeness (QED) is 0.715. The number of halogens is 1. The lowest BCUT2D eigenvalue weighted by molar-refractivity contribution is -0.116. The molecule has 0 aromatic heterocycles. The van der Waals surface area contributed by atoms with E-state index in [0.717, 1.165) is 16.7 Å².